The van der Waals surface area contributed by atoms with Gasteiger partial charge in [0.05, 0.1) is 23.8 Å². The van der Waals surface area contributed by atoms with Crippen LogP contribution in [0, 0.1) is 6.92 Å². The standard InChI is InChI=1S/C14H15N5/c1-3-18-10-14(11(2)17-18)12-7-16-19(9-12)13-5-4-6-15-8-13/h4-10H,3H2,1-2H3. The first kappa shape index (κ1) is 11.6. The van der Waals surface area contributed by atoms with Crippen LogP contribution in [0.15, 0.2) is 43.1 Å². The zero-order valence-electron chi connectivity index (χ0n) is 11.0. The molecular formula is C14H15N5. The molecule has 3 aromatic rings. The molecule has 0 saturated heterocycles. The smallest absolute Gasteiger partial charge is 0.0828 e. The van der Waals surface area contributed by atoms with Crippen molar-refractivity contribution in [2.45, 2.75) is 20.4 Å². The zero-order chi connectivity index (χ0) is 13.2. The number of aromatic nitrogens is 5. The molecule has 0 bridgehead atoms. The van der Waals surface area contributed by atoms with Crippen LogP contribution in [-0.4, -0.2) is 24.5 Å². The Kier molecular flexibility index (Phi) is 2.87. The van der Waals surface area contributed by atoms with E-state index in [9.17, 15) is 0 Å². The number of hydrogen-bond acceptors (Lipinski definition) is 3. The van der Waals surface area contributed by atoms with Crippen molar-refractivity contribution in [3.8, 4) is 16.8 Å². The van der Waals surface area contributed by atoms with E-state index in [1.54, 1.807) is 12.4 Å². The summed E-state index contributed by atoms with van der Waals surface area (Å²) in [6.07, 6.45) is 9.46. The van der Waals surface area contributed by atoms with Crippen LogP contribution in [0.25, 0.3) is 16.8 Å². The minimum absolute atomic E-state index is 0.873. The van der Waals surface area contributed by atoms with Crippen LogP contribution in [0.5, 0.6) is 0 Å². The monoisotopic (exact) mass is 253 g/mol. The Bertz CT molecular complexity index is 681. The summed E-state index contributed by atoms with van der Waals surface area (Å²) >= 11 is 0. The van der Waals surface area contributed by atoms with Crippen LogP contribution in [0.4, 0.5) is 0 Å². The number of rotatable bonds is 3. The van der Waals surface area contributed by atoms with Gasteiger partial charge in [0.15, 0.2) is 0 Å². The third-order valence-corrected chi connectivity index (χ3v) is 3.07. The van der Waals surface area contributed by atoms with Crippen LogP contribution in [0.3, 0.4) is 0 Å². The molecule has 0 fully saturated rings. The van der Waals surface area contributed by atoms with E-state index in [0.717, 1.165) is 29.1 Å². The molecule has 0 aromatic carbocycles. The SMILES string of the molecule is CCn1cc(-c2cnn(-c3cccnc3)c2)c(C)n1. The number of pyridine rings is 1. The lowest BCUT2D eigenvalue weighted by Crippen LogP contribution is -1.93. The summed E-state index contributed by atoms with van der Waals surface area (Å²) in [4.78, 5) is 4.10. The second-order valence-corrected chi connectivity index (χ2v) is 4.37. The maximum absolute atomic E-state index is 4.45. The van der Waals surface area contributed by atoms with Crippen LogP contribution in [0.2, 0.25) is 0 Å². The van der Waals surface area contributed by atoms with Crippen molar-refractivity contribution >= 4 is 0 Å². The van der Waals surface area contributed by atoms with E-state index in [1.807, 2.05) is 40.8 Å². The molecule has 96 valence electrons. The fourth-order valence-corrected chi connectivity index (χ4v) is 2.06. The Morgan fingerprint density at radius 3 is 2.79 bits per heavy atom. The molecule has 19 heavy (non-hydrogen) atoms. The first-order valence-corrected chi connectivity index (χ1v) is 6.27. The Balaban J connectivity index is 1.99. The van der Waals surface area contributed by atoms with E-state index >= 15 is 0 Å². The third-order valence-electron chi connectivity index (χ3n) is 3.07. The molecule has 5 nitrogen and oxygen atoms in total. The molecule has 0 unspecified atom stereocenters. The first-order valence-electron chi connectivity index (χ1n) is 6.27. The highest BCUT2D eigenvalue weighted by atomic mass is 15.3. The van der Waals surface area contributed by atoms with Gasteiger partial charge in [0, 0.05) is 36.3 Å². The minimum Gasteiger partial charge on any atom is -0.272 e. The highest BCUT2D eigenvalue weighted by Gasteiger charge is 2.09. The normalized spacial score (nSPS) is 10.8. The van der Waals surface area contributed by atoms with E-state index in [1.165, 1.54) is 0 Å². The summed E-state index contributed by atoms with van der Waals surface area (Å²) in [5, 5.41) is 8.83. The van der Waals surface area contributed by atoms with E-state index in [0.29, 0.717) is 0 Å². The average Bonchev–Trinajstić information content (AvgIpc) is 3.06. The highest BCUT2D eigenvalue weighted by Crippen LogP contribution is 2.22. The van der Waals surface area contributed by atoms with Gasteiger partial charge in [0.1, 0.15) is 0 Å². The van der Waals surface area contributed by atoms with Crippen LogP contribution in [-0.2, 0) is 6.54 Å². The number of aryl methyl sites for hydroxylation is 2. The van der Waals surface area contributed by atoms with Gasteiger partial charge in [0.25, 0.3) is 0 Å². The Morgan fingerprint density at radius 2 is 2.11 bits per heavy atom. The molecule has 0 spiro atoms. The molecule has 0 aliphatic rings. The molecule has 0 amide bonds. The molecule has 0 radical (unpaired) electrons. The van der Waals surface area contributed by atoms with Gasteiger partial charge in [-0.15, -0.1) is 0 Å². The summed E-state index contributed by atoms with van der Waals surface area (Å²) in [6.45, 7) is 4.97. The van der Waals surface area contributed by atoms with Crippen molar-refractivity contribution < 1.29 is 0 Å². The molecule has 0 aliphatic carbocycles. The summed E-state index contributed by atoms with van der Waals surface area (Å²) in [6, 6.07) is 3.88. The minimum atomic E-state index is 0.873. The molecule has 0 atom stereocenters. The van der Waals surface area contributed by atoms with E-state index in [-0.39, 0.29) is 0 Å². The quantitative estimate of drug-likeness (QED) is 0.720. The largest absolute Gasteiger partial charge is 0.272 e. The third kappa shape index (κ3) is 2.14. The zero-order valence-corrected chi connectivity index (χ0v) is 11.0. The Labute approximate surface area is 111 Å². The van der Waals surface area contributed by atoms with Crippen LogP contribution < -0.4 is 0 Å². The summed E-state index contributed by atoms with van der Waals surface area (Å²) in [5.41, 5.74) is 4.17. The number of nitrogens with zero attached hydrogens (tertiary/aromatic N) is 5. The van der Waals surface area contributed by atoms with Crippen molar-refractivity contribution in [3.63, 3.8) is 0 Å². The van der Waals surface area contributed by atoms with Gasteiger partial charge in [-0.05, 0) is 26.0 Å². The maximum atomic E-state index is 4.45. The van der Waals surface area contributed by atoms with E-state index < -0.39 is 0 Å². The Hall–Kier alpha value is -2.43. The van der Waals surface area contributed by atoms with Crippen molar-refractivity contribution in [2.24, 2.45) is 0 Å². The molecule has 0 aliphatic heterocycles. The van der Waals surface area contributed by atoms with Crippen molar-refractivity contribution in [1.29, 1.82) is 0 Å². The maximum Gasteiger partial charge on any atom is 0.0828 e. The lowest BCUT2D eigenvalue weighted by atomic mass is 10.1. The molecule has 3 heterocycles. The lowest BCUT2D eigenvalue weighted by molar-refractivity contribution is 0.653. The van der Waals surface area contributed by atoms with Gasteiger partial charge in [-0.25, -0.2) is 4.68 Å². The van der Waals surface area contributed by atoms with Crippen molar-refractivity contribution in [1.82, 2.24) is 24.5 Å². The summed E-state index contributed by atoms with van der Waals surface area (Å²) < 4.78 is 3.76. The second kappa shape index (κ2) is 4.68. The molecular weight excluding hydrogens is 238 g/mol. The van der Waals surface area contributed by atoms with Gasteiger partial charge >= 0.3 is 0 Å². The van der Waals surface area contributed by atoms with Gasteiger partial charge in [-0.3, -0.25) is 9.67 Å². The molecule has 5 heteroatoms. The fourth-order valence-electron chi connectivity index (χ4n) is 2.06. The first-order chi connectivity index (χ1) is 9.28. The summed E-state index contributed by atoms with van der Waals surface area (Å²) in [5.74, 6) is 0. The van der Waals surface area contributed by atoms with Crippen molar-refractivity contribution in [2.75, 3.05) is 0 Å². The highest BCUT2D eigenvalue weighted by molar-refractivity contribution is 5.63. The molecule has 0 saturated carbocycles. The predicted octanol–water partition coefficient (Wildman–Crippen LogP) is 2.46. The van der Waals surface area contributed by atoms with Gasteiger partial charge < -0.3 is 0 Å². The summed E-state index contributed by atoms with van der Waals surface area (Å²) in [7, 11) is 0. The average molecular weight is 253 g/mol. The van der Waals surface area contributed by atoms with Gasteiger partial charge in [0.2, 0.25) is 0 Å². The topological polar surface area (TPSA) is 48.5 Å². The molecule has 3 rings (SSSR count). The van der Waals surface area contributed by atoms with Gasteiger partial charge in [-0.1, -0.05) is 0 Å². The van der Waals surface area contributed by atoms with E-state index in [4.69, 9.17) is 0 Å². The molecule has 0 N–H and O–H groups in total. The fraction of sp³-hybridized carbons (Fsp3) is 0.214. The van der Waals surface area contributed by atoms with Crippen molar-refractivity contribution in [3.05, 3.63) is 48.8 Å². The Morgan fingerprint density at radius 1 is 1.21 bits per heavy atom. The van der Waals surface area contributed by atoms with Crippen LogP contribution >= 0.6 is 0 Å². The number of hydrogen-bond donors (Lipinski definition) is 0. The molecule has 3 aromatic heterocycles. The van der Waals surface area contributed by atoms with Crippen LogP contribution in [0.1, 0.15) is 12.6 Å². The lowest BCUT2D eigenvalue weighted by Gasteiger charge is -1.98. The van der Waals surface area contributed by atoms with E-state index in [2.05, 4.69) is 28.3 Å². The van der Waals surface area contributed by atoms with Gasteiger partial charge in [-0.2, -0.15) is 10.2 Å². The predicted molar refractivity (Wildman–Crippen MR) is 73.0 cm³/mol. The second-order valence-electron chi connectivity index (χ2n) is 4.37.